The SMILES string of the molecule is CC1(C)C[C@@H](NC(=O)Cc2ccncc2Cl)CCO1. The zero-order valence-electron chi connectivity index (χ0n) is 11.3. The first-order chi connectivity index (χ1) is 8.96. The maximum absolute atomic E-state index is 12.0. The molecule has 0 bridgehead atoms. The number of carbonyl (C=O) groups excluding carboxylic acids is 1. The van der Waals surface area contributed by atoms with Crippen LogP contribution in [-0.4, -0.2) is 29.1 Å². The standard InChI is InChI=1S/C14H19ClN2O2/c1-14(2)8-11(4-6-19-14)17-13(18)7-10-3-5-16-9-12(10)15/h3,5,9,11H,4,6-8H2,1-2H3,(H,17,18)/t11-/m0/s1. The van der Waals surface area contributed by atoms with Crippen molar-refractivity contribution in [3.05, 3.63) is 29.0 Å². The van der Waals surface area contributed by atoms with Gasteiger partial charge < -0.3 is 10.1 Å². The molecule has 4 nitrogen and oxygen atoms in total. The van der Waals surface area contributed by atoms with E-state index in [1.54, 1.807) is 18.5 Å². The Hall–Kier alpha value is -1.13. The van der Waals surface area contributed by atoms with Gasteiger partial charge in [0.25, 0.3) is 0 Å². The summed E-state index contributed by atoms with van der Waals surface area (Å²) < 4.78 is 5.63. The molecule has 1 fully saturated rings. The number of pyridine rings is 1. The quantitative estimate of drug-likeness (QED) is 0.926. The highest BCUT2D eigenvalue weighted by atomic mass is 35.5. The highest BCUT2D eigenvalue weighted by Gasteiger charge is 2.29. The largest absolute Gasteiger partial charge is 0.375 e. The Morgan fingerprint density at radius 3 is 3.11 bits per heavy atom. The third kappa shape index (κ3) is 4.18. The molecular formula is C14H19ClN2O2. The average molecular weight is 283 g/mol. The second-order valence-corrected chi connectivity index (χ2v) is 5.92. The number of hydrogen-bond acceptors (Lipinski definition) is 3. The van der Waals surface area contributed by atoms with E-state index in [9.17, 15) is 4.79 Å². The normalized spacial score (nSPS) is 21.9. The van der Waals surface area contributed by atoms with E-state index in [0.717, 1.165) is 18.4 Å². The molecule has 1 aliphatic heterocycles. The molecule has 1 aliphatic rings. The molecule has 19 heavy (non-hydrogen) atoms. The van der Waals surface area contributed by atoms with E-state index in [0.29, 0.717) is 18.1 Å². The summed E-state index contributed by atoms with van der Waals surface area (Å²) in [6.07, 6.45) is 5.19. The third-order valence-corrected chi connectivity index (χ3v) is 3.61. The maximum Gasteiger partial charge on any atom is 0.224 e. The highest BCUT2D eigenvalue weighted by Crippen LogP contribution is 2.24. The van der Waals surface area contributed by atoms with E-state index < -0.39 is 0 Å². The summed E-state index contributed by atoms with van der Waals surface area (Å²) in [5, 5.41) is 3.58. The van der Waals surface area contributed by atoms with Gasteiger partial charge in [-0.15, -0.1) is 0 Å². The van der Waals surface area contributed by atoms with Gasteiger partial charge >= 0.3 is 0 Å². The van der Waals surface area contributed by atoms with Gasteiger partial charge in [-0.25, -0.2) is 0 Å². The summed E-state index contributed by atoms with van der Waals surface area (Å²) in [4.78, 5) is 15.9. The zero-order valence-corrected chi connectivity index (χ0v) is 12.0. The Balaban J connectivity index is 1.90. The van der Waals surface area contributed by atoms with Crippen molar-refractivity contribution in [3.63, 3.8) is 0 Å². The lowest BCUT2D eigenvalue weighted by Gasteiger charge is -2.35. The van der Waals surface area contributed by atoms with Gasteiger partial charge in [0.05, 0.1) is 17.0 Å². The molecule has 0 aliphatic carbocycles. The van der Waals surface area contributed by atoms with Crippen LogP contribution in [0.2, 0.25) is 5.02 Å². The van der Waals surface area contributed by atoms with Crippen LogP contribution in [-0.2, 0) is 16.0 Å². The van der Waals surface area contributed by atoms with Crippen LogP contribution in [0.3, 0.4) is 0 Å². The Labute approximate surface area is 118 Å². The number of hydrogen-bond donors (Lipinski definition) is 1. The van der Waals surface area contributed by atoms with Crippen molar-refractivity contribution < 1.29 is 9.53 Å². The average Bonchev–Trinajstić information content (AvgIpc) is 2.30. The van der Waals surface area contributed by atoms with Gasteiger partial charge in [-0.05, 0) is 38.3 Å². The fourth-order valence-corrected chi connectivity index (χ4v) is 2.54. The van der Waals surface area contributed by atoms with Crippen molar-refractivity contribution in [1.29, 1.82) is 0 Å². The molecule has 104 valence electrons. The first kappa shape index (κ1) is 14.3. The van der Waals surface area contributed by atoms with Gasteiger partial charge in [0.1, 0.15) is 0 Å². The predicted molar refractivity (Wildman–Crippen MR) is 74.1 cm³/mol. The number of rotatable bonds is 3. The fraction of sp³-hybridized carbons (Fsp3) is 0.571. The van der Waals surface area contributed by atoms with Crippen molar-refractivity contribution in [2.24, 2.45) is 0 Å². The van der Waals surface area contributed by atoms with E-state index in [1.807, 2.05) is 13.8 Å². The molecule has 0 spiro atoms. The van der Waals surface area contributed by atoms with Gasteiger partial charge in [-0.1, -0.05) is 11.6 Å². The van der Waals surface area contributed by atoms with E-state index in [2.05, 4.69) is 10.3 Å². The lowest BCUT2D eigenvalue weighted by molar-refractivity contribution is -0.123. The minimum atomic E-state index is -0.162. The van der Waals surface area contributed by atoms with Crippen LogP contribution in [0.1, 0.15) is 32.3 Å². The molecule has 0 saturated carbocycles. The summed E-state index contributed by atoms with van der Waals surface area (Å²) >= 11 is 5.99. The minimum absolute atomic E-state index is 0.00389. The molecule has 1 amide bonds. The monoisotopic (exact) mass is 282 g/mol. The number of aromatic nitrogens is 1. The molecule has 1 aromatic heterocycles. The van der Waals surface area contributed by atoms with Gasteiger partial charge in [0.15, 0.2) is 0 Å². The summed E-state index contributed by atoms with van der Waals surface area (Å²) in [5.41, 5.74) is 0.644. The molecule has 5 heteroatoms. The number of amides is 1. The molecule has 2 rings (SSSR count). The van der Waals surface area contributed by atoms with Crippen molar-refractivity contribution in [2.75, 3.05) is 6.61 Å². The molecular weight excluding hydrogens is 264 g/mol. The summed E-state index contributed by atoms with van der Waals surface area (Å²) in [5.74, 6) is -0.00389. The Morgan fingerprint density at radius 1 is 1.63 bits per heavy atom. The summed E-state index contributed by atoms with van der Waals surface area (Å²) in [7, 11) is 0. The molecule has 1 saturated heterocycles. The Kier molecular flexibility index (Phi) is 4.42. The van der Waals surface area contributed by atoms with Crippen molar-refractivity contribution in [3.8, 4) is 0 Å². The Bertz CT molecular complexity index is 463. The first-order valence-electron chi connectivity index (χ1n) is 6.48. The fourth-order valence-electron chi connectivity index (χ4n) is 2.35. The molecule has 2 heterocycles. The van der Waals surface area contributed by atoms with Crippen LogP contribution in [0.4, 0.5) is 0 Å². The van der Waals surface area contributed by atoms with Crippen molar-refractivity contribution in [2.45, 2.75) is 44.8 Å². The topological polar surface area (TPSA) is 51.2 Å². The lowest BCUT2D eigenvalue weighted by Crippen LogP contribution is -2.46. The number of carbonyl (C=O) groups is 1. The molecule has 0 radical (unpaired) electrons. The van der Waals surface area contributed by atoms with Crippen LogP contribution in [0.25, 0.3) is 0 Å². The van der Waals surface area contributed by atoms with Gasteiger partial charge in [-0.2, -0.15) is 0 Å². The van der Waals surface area contributed by atoms with Crippen LogP contribution in [0.15, 0.2) is 18.5 Å². The minimum Gasteiger partial charge on any atom is -0.375 e. The van der Waals surface area contributed by atoms with Crippen LogP contribution >= 0.6 is 11.6 Å². The molecule has 1 aromatic rings. The highest BCUT2D eigenvalue weighted by molar-refractivity contribution is 6.31. The number of halogens is 1. The first-order valence-corrected chi connectivity index (χ1v) is 6.86. The van der Waals surface area contributed by atoms with Crippen molar-refractivity contribution in [1.82, 2.24) is 10.3 Å². The van der Waals surface area contributed by atoms with Crippen molar-refractivity contribution >= 4 is 17.5 Å². The lowest BCUT2D eigenvalue weighted by atomic mass is 9.94. The van der Waals surface area contributed by atoms with E-state index >= 15 is 0 Å². The van der Waals surface area contributed by atoms with Crippen LogP contribution < -0.4 is 5.32 Å². The van der Waals surface area contributed by atoms with E-state index in [-0.39, 0.29) is 17.6 Å². The molecule has 1 N–H and O–H groups in total. The van der Waals surface area contributed by atoms with Crippen LogP contribution in [0.5, 0.6) is 0 Å². The van der Waals surface area contributed by atoms with Gasteiger partial charge in [0.2, 0.25) is 5.91 Å². The Morgan fingerprint density at radius 2 is 2.42 bits per heavy atom. The van der Waals surface area contributed by atoms with Crippen LogP contribution in [0, 0.1) is 0 Å². The number of ether oxygens (including phenoxy) is 1. The summed E-state index contributed by atoms with van der Waals surface area (Å²) in [6, 6.07) is 1.95. The van der Waals surface area contributed by atoms with Gasteiger partial charge in [-0.3, -0.25) is 9.78 Å². The van der Waals surface area contributed by atoms with E-state index in [4.69, 9.17) is 16.3 Å². The summed E-state index contributed by atoms with van der Waals surface area (Å²) in [6.45, 7) is 4.78. The van der Waals surface area contributed by atoms with E-state index in [1.165, 1.54) is 0 Å². The molecule has 0 aromatic carbocycles. The maximum atomic E-state index is 12.0. The smallest absolute Gasteiger partial charge is 0.224 e. The second-order valence-electron chi connectivity index (χ2n) is 5.51. The third-order valence-electron chi connectivity index (χ3n) is 3.27. The second kappa shape index (κ2) is 5.88. The molecule has 1 atom stereocenters. The van der Waals surface area contributed by atoms with Gasteiger partial charge in [0, 0.05) is 25.0 Å². The predicted octanol–water partition coefficient (Wildman–Crippen LogP) is 2.35. The zero-order chi connectivity index (χ0) is 13.9. The number of nitrogens with one attached hydrogen (secondary N) is 1. The number of nitrogens with zero attached hydrogens (tertiary/aromatic N) is 1. The molecule has 0 unspecified atom stereocenters.